The molecule has 9 heteroatoms. The molecule has 1 aromatic carbocycles. The van der Waals surface area contributed by atoms with Crippen LogP contribution in [0, 0.1) is 6.92 Å². The van der Waals surface area contributed by atoms with Crippen molar-refractivity contribution in [3.63, 3.8) is 0 Å². The van der Waals surface area contributed by atoms with Gasteiger partial charge in [-0.25, -0.2) is 4.79 Å². The molecule has 138 valence electrons. The van der Waals surface area contributed by atoms with E-state index in [9.17, 15) is 19.5 Å². The van der Waals surface area contributed by atoms with Crippen LogP contribution in [0.1, 0.15) is 15.9 Å². The van der Waals surface area contributed by atoms with Crippen molar-refractivity contribution >= 4 is 39.4 Å². The average molecular weight is 416 g/mol. The molecule has 2 amide bonds. The molecule has 0 spiro atoms. The molecule has 0 radical (unpaired) electrons. The first-order valence-electron chi connectivity index (χ1n) is 7.46. The number of hydrogen-bond acceptors (Lipinski definition) is 6. The van der Waals surface area contributed by atoms with Crippen LogP contribution >= 0.6 is 15.9 Å². The minimum absolute atomic E-state index is 0.0445. The number of nitrogens with zero attached hydrogens (tertiary/aromatic N) is 1. The second-order valence-corrected chi connectivity index (χ2v) is 6.52. The van der Waals surface area contributed by atoms with Crippen LogP contribution in [0.15, 0.2) is 16.6 Å². The minimum Gasteiger partial charge on any atom is -0.465 e. The van der Waals surface area contributed by atoms with E-state index >= 15 is 0 Å². The third kappa shape index (κ3) is 6.11. The van der Waals surface area contributed by atoms with Gasteiger partial charge < -0.3 is 25.4 Å². The number of likely N-dealkylation sites (N-methyl/N-ethyl adjacent to an activating group) is 1. The summed E-state index contributed by atoms with van der Waals surface area (Å²) in [4.78, 5) is 37.4. The SMILES string of the molecule is COC(=O)c1c(Br)ccc(NC(=O)C(=O)NCC(O)CN(C)C)c1C. The topological polar surface area (TPSA) is 108 Å². The molecule has 0 aromatic heterocycles. The van der Waals surface area contributed by atoms with Crippen molar-refractivity contribution in [1.82, 2.24) is 10.2 Å². The molecule has 0 fully saturated rings. The summed E-state index contributed by atoms with van der Waals surface area (Å²) in [5.41, 5.74) is 1.05. The first kappa shape index (κ1) is 21.1. The molecular weight excluding hydrogens is 394 g/mol. The Morgan fingerprint density at radius 3 is 2.48 bits per heavy atom. The maximum absolute atomic E-state index is 12.0. The Labute approximate surface area is 154 Å². The Bertz CT molecular complexity index is 663. The summed E-state index contributed by atoms with van der Waals surface area (Å²) in [6, 6.07) is 3.14. The first-order chi connectivity index (χ1) is 11.7. The van der Waals surface area contributed by atoms with Crippen LogP contribution in [0.4, 0.5) is 5.69 Å². The number of aliphatic hydroxyl groups excluding tert-OH is 1. The molecule has 3 N–H and O–H groups in total. The third-order valence-electron chi connectivity index (χ3n) is 3.33. The van der Waals surface area contributed by atoms with Crippen LogP contribution in [0.25, 0.3) is 0 Å². The number of hydrogen-bond donors (Lipinski definition) is 3. The van der Waals surface area contributed by atoms with Crippen molar-refractivity contribution in [1.29, 1.82) is 0 Å². The van der Waals surface area contributed by atoms with Crippen molar-refractivity contribution in [3.05, 3.63) is 27.7 Å². The lowest BCUT2D eigenvalue weighted by atomic mass is 10.1. The molecule has 0 heterocycles. The normalized spacial score (nSPS) is 11.8. The van der Waals surface area contributed by atoms with Gasteiger partial charge in [0.15, 0.2) is 0 Å². The number of benzene rings is 1. The molecule has 1 unspecified atom stereocenters. The number of methoxy groups -OCH3 is 1. The number of anilines is 1. The Balaban J connectivity index is 2.77. The van der Waals surface area contributed by atoms with Crippen LogP contribution in [0.3, 0.4) is 0 Å². The maximum atomic E-state index is 12.0. The molecule has 0 aliphatic rings. The number of ether oxygens (including phenoxy) is 1. The number of carbonyl (C=O) groups excluding carboxylic acids is 3. The van der Waals surface area contributed by atoms with Crippen molar-refractivity contribution < 1.29 is 24.2 Å². The average Bonchev–Trinajstić information content (AvgIpc) is 2.54. The molecule has 0 aliphatic heterocycles. The summed E-state index contributed by atoms with van der Waals surface area (Å²) in [6.45, 7) is 1.94. The zero-order valence-electron chi connectivity index (χ0n) is 14.6. The lowest BCUT2D eigenvalue weighted by molar-refractivity contribution is -0.136. The van der Waals surface area contributed by atoms with Crippen LogP contribution in [0.2, 0.25) is 0 Å². The molecule has 8 nitrogen and oxygen atoms in total. The number of aliphatic hydroxyl groups is 1. The van der Waals surface area contributed by atoms with Gasteiger partial charge >= 0.3 is 17.8 Å². The zero-order chi connectivity index (χ0) is 19.1. The summed E-state index contributed by atoms with van der Waals surface area (Å²) in [5.74, 6) is -2.32. The van der Waals surface area contributed by atoms with E-state index in [4.69, 9.17) is 4.74 Å². The summed E-state index contributed by atoms with van der Waals surface area (Å²) < 4.78 is 5.23. The molecule has 0 aliphatic carbocycles. The van der Waals surface area contributed by atoms with Gasteiger partial charge in [0.2, 0.25) is 0 Å². The van der Waals surface area contributed by atoms with Gasteiger partial charge in [0.05, 0.1) is 18.8 Å². The van der Waals surface area contributed by atoms with Gasteiger partial charge in [0.25, 0.3) is 0 Å². The monoisotopic (exact) mass is 415 g/mol. The summed E-state index contributed by atoms with van der Waals surface area (Å²) in [7, 11) is 4.83. The number of carbonyl (C=O) groups is 3. The van der Waals surface area contributed by atoms with Gasteiger partial charge in [-0.1, -0.05) is 0 Å². The highest BCUT2D eigenvalue weighted by atomic mass is 79.9. The van der Waals surface area contributed by atoms with Gasteiger partial charge in [0.1, 0.15) is 0 Å². The number of rotatable bonds is 6. The van der Waals surface area contributed by atoms with E-state index in [2.05, 4.69) is 26.6 Å². The molecule has 0 bridgehead atoms. The maximum Gasteiger partial charge on any atom is 0.339 e. The zero-order valence-corrected chi connectivity index (χ0v) is 16.1. The first-order valence-corrected chi connectivity index (χ1v) is 8.26. The molecule has 25 heavy (non-hydrogen) atoms. The van der Waals surface area contributed by atoms with E-state index in [0.29, 0.717) is 22.3 Å². The fraction of sp³-hybridized carbons (Fsp3) is 0.438. The Morgan fingerprint density at radius 2 is 1.92 bits per heavy atom. The predicted molar refractivity (Wildman–Crippen MR) is 96.4 cm³/mol. The van der Waals surface area contributed by atoms with Gasteiger partial charge in [0, 0.05) is 23.2 Å². The van der Waals surface area contributed by atoms with E-state index in [1.807, 2.05) is 0 Å². The standard InChI is InChI=1S/C16H22BrN3O5/c1-9-12(6-5-11(17)13(9)16(24)25-4)19-15(23)14(22)18-7-10(21)8-20(2)3/h5-6,10,21H,7-8H2,1-4H3,(H,18,22)(H,19,23). The molecule has 0 saturated carbocycles. The molecular formula is C16H22BrN3O5. The smallest absolute Gasteiger partial charge is 0.339 e. The van der Waals surface area contributed by atoms with Crippen LogP contribution in [-0.4, -0.2) is 68.2 Å². The van der Waals surface area contributed by atoms with Gasteiger partial charge in [-0.3, -0.25) is 9.59 Å². The van der Waals surface area contributed by atoms with Crippen LogP contribution < -0.4 is 10.6 Å². The molecule has 1 rings (SSSR count). The van der Waals surface area contributed by atoms with Crippen molar-refractivity contribution in [2.75, 3.05) is 39.6 Å². The Morgan fingerprint density at radius 1 is 1.28 bits per heavy atom. The number of amides is 2. The van der Waals surface area contributed by atoms with E-state index in [-0.39, 0.29) is 12.1 Å². The van der Waals surface area contributed by atoms with Crippen molar-refractivity contribution in [2.24, 2.45) is 0 Å². The van der Waals surface area contributed by atoms with Crippen molar-refractivity contribution in [3.8, 4) is 0 Å². The van der Waals surface area contributed by atoms with Gasteiger partial charge in [-0.05, 0) is 54.6 Å². The fourth-order valence-corrected chi connectivity index (χ4v) is 2.71. The highest BCUT2D eigenvalue weighted by Gasteiger charge is 2.20. The largest absolute Gasteiger partial charge is 0.465 e. The Kier molecular flexibility index (Phi) is 8.01. The second kappa shape index (κ2) is 9.50. The highest BCUT2D eigenvalue weighted by Crippen LogP contribution is 2.27. The number of nitrogens with one attached hydrogen (secondary N) is 2. The lowest BCUT2D eigenvalue weighted by Gasteiger charge is -2.16. The predicted octanol–water partition coefficient (Wildman–Crippen LogP) is 0.521. The van der Waals surface area contributed by atoms with Crippen LogP contribution in [-0.2, 0) is 14.3 Å². The highest BCUT2D eigenvalue weighted by molar-refractivity contribution is 9.10. The second-order valence-electron chi connectivity index (χ2n) is 5.67. The number of esters is 1. The number of halogens is 1. The minimum atomic E-state index is -0.890. The van der Waals surface area contributed by atoms with E-state index in [0.717, 1.165) is 0 Å². The molecule has 0 saturated heterocycles. The van der Waals surface area contributed by atoms with Gasteiger partial charge in [-0.15, -0.1) is 0 Å². The fourth-order valence-electron chi connectivity index (χ4n) is 2.12. The quantitative estimate of drug-likeness (QED) is 0.461. The lowest BCUT2D eigenvalue weighted by Crippen LogP contribution is -2.42. The molecule has 1 aromatic rings. The van der Waals surface area contributed by atoms with E-state index < -0.39 is 23.9 Å². The van der Waals surface area contributed by atoms with Gasteiger partial charge in [-0.2, -0.15) is 0 Å². The Hall–Kier alpha value is -1.97. The van der Waals surface area contributed by atoms with Crippen molar-refractivity contribution in [2.45, 2.75) is 13.0 Å². The summed E-state index contributed by atoms with van der Waals surface area (Å²) in [5, 5.41) is 14.5. The van der Waals surface area contributed by atoms with Crippen LogP contribution in [0.5, 0.6) is 0 Å². The summed E-state index contributed by atoms with van der Waals surface area (Å²) >= 11 is 3.25. The van der Waals surface area contributed by atoms with E-state index in [1.54, 1.807) is 38.1 Å². The third-order valence-corrected chi connectivity index (χ3v) is 3.99. The molecule has 1 atom stereocenters. The van der Waals surface area contributed by atoms with E-state index in [1.165, 1.54) is 7.11 Å². The summed E-state index contributed by atoms with van der Waals surface area (Å²) in [6.07, 6.45) is -0.785.